The highest BCUT2D eigenvalue weighted by Gasteiger charge is 2.01. The quantitative estimate of drug-likeness (QED) is 0.753. The van der Waals surface area contributed by atoms with Gasteiger partial charge in [-0.1, -0.05) is 38.1 Å². The molecule has 1 aromatic carbocycles. The Hall–Kier alpha value is -1.61. The second-order valence-electron chi connectivity index (χ2n) is 4.28. The SMILES string of the molecule is CCCN(CC)Cc1ccc(C=CC(=O)O)cc1. The van der Waals surface area contributed by atoms with Crippen molar-refractivity contribution in [3.63, 3.8) is 0 Å². The average Bonchev–Trinajstić information content (AvgIpc) is 2.37. The number of hydrogen-bond donors (Lipinski definition) is 1. The zero-order valence-electron chi connectivity index (χ0n) is 11.1. The van der Waals surface area contributed by atoms with Gasteiger partial charge in [0.1, 0.15) is 0 Å². The predicted octanol–water partition coefficient (Wildman–Crippen LogP) is 3.02. The van der Waals surface area contributed by atoms with E-state index in [9.17, 15) is 4.79 Å². The summed E-state index contributed by atoms with van der Waals surface area (Å²) in [4.78, 5) is 12.8. The Kier molecular flexibility index (Phi) is 6.15. The Morgan fingerprint density at radius 3 is 2.44 bits per heavy atom. The highest BCUT2D eigenvalue weighted by atomic mass is 16.4. The van der Waals surface area contributed by atoms with Crippen LogP contribution in [-0.4, -0.2) is 29.1 Å². The van der Waals surface area contributed by atoms with Gasteiger partial charge in [-0.3, -0.25) is 4.90 Å². The molecule has 18 heavy (non-hydrogen) atoms. The zero-order valence-corrected chi connectivity index (χ0v) is 11.1. The molecule has 0 aliphatic rings. The van der Waals surface area contributed by atoms with Crippen LogP contribution in [0.15, 0.2) is 30.3 Å². The van der Waals surface area contributed by atoms with E-state index in [2.05, 4.69) is 30.9 Å². The molecule has 0 atom stereocenters. The van der Waals surface area contributed by atoms with Gasteiger partial charge in [-0.15, -0.1) is 0 Å². The topological polar surface area (TPSA) is 40.5 Å². The van der Waals surface area contributed by atoms with Crippen LogP contribution in [0.5, 0.6) is 0 Å². The van der Waals surface area contributed by atoms with Crippen molar-refractivity contribution >= 4 is 12.0 Å². The van der Waals surface area contributed by atoms with Gasteiger partial charge in [0.25, 0.3) is 0 Å². The number of carboxylic acids is 1. The molecule has 3 heteroatoms. The molecular formula is C15H21NO2. The standard InChI is InChI=1S/C15H21NO2/c1-3-11-16(4-2)12-14-7-5-13(6-8-14)9-10-15(17)18/h5-10H,3-4,11-12H2,1-2H3,(H,17,18). The smallest absolute Gasteiger partial charge is 0.328 e. The van der Waals surface area contributed by atoms with E-state index < -0.39 is 5.97 Å². The van der Waals surface area contributed by atoms with E-state index in [1.54, 1.807) is 6.08 Å². The first-order valence-corrected chi connectivity index (χ1v) is 6.38. The van der Waals surface area contributed by atoms with E-state index in [1.807, 2.05) is 12.1 Å². The molecule has 0 aromatic heterocycles. The molecule has 0 radical (unpaired) electrons. The lowest BCUT2D eigenvalue weighted by Gasteiger charge is -2.19. The van der Waals surface area contributed by atoms with Crippen LogP contribution in [0.4, 0.5) is 0 Å². The summed E-state index contributed by atoms with van der Waals surface area (Å²) in [6, 6.07) is 8.02. The maximum atomic E-state index is 10.4. The average molecular weight is 247 g/mol. The summed E-state index contributed by atoms with van der Waals surface area (Å²) in [5.41, 5.74) is 2.18. The van der Waals surface area contributed by atoms with Gasteiger partial charge in [0.2, 0.25) is 0 Å². The van der Waals surface area contributed by atoms with Crippen molar-refractivity contribution in [2.75, 3.05) is 13.1 Å². The Labute approximate surface area is 109 Å². The number of hydrogen-bond acceptors (Lipinski definition) is 2. The van der Waals surface area contributed by atoms with Gasteiger partial charge >= 0.3 is 5.97 Å². The molecule has 0 bridgehead atoms. The van der Waals surface area contributed by atoms with Crippen LogP contribution in [0.25, 0.3) is 6.08 Å². The Balaban J connectivity index is 2.62. The first-order valence-electron chi connectivity index (χ1n) is 6.38. The van der Waals surface area contributed by atoms with Crippen LogP contribution in [0, 0.1) is 0 Å². The normalized spacial score (nSPS) is 11.3. The monoisotopic (exact) mass is 247 g/mol. The second-order valence-corrected chi connectivity index (χ2v) is 4.28. The van der Waals surface area contributed by atoms with Crippen LogP contribution in [0.3, 0.4) is 0 Å². The van der Waals surface area contributed by atoms with E-state index in [-0.39, 0.29) is 0 Å². The number of rotatable bonds is 7. The molecule has 0 heterocycles. The molecule has 0 unspecified atom stereocenters. The Bertz CT molecular complexity index is 395. The fourth-order valence-corrected chi connectivity index (χ4v) is 1.83. The highest BCUT2D eigenvalue weighted by molar-refractivity contribution is 5.85. The summed E-state index contributed by atoms with van der Waals surface area (Å²) in [7, 11) is 0. The first-order chi connectivity index (χ1) is 8.65. The molecule has 1 aromatic rings. The van der Waals surface area contributed by atoms with Gasteiger partial charge < -0.3 is 5.11 Å². The fraction of sp³-hybridized carbons (Fsp3) is 0.400. The van der Waals surface area contributed by atoms with E-state index in [1.165, 1.54) is 5.56 Å². The predicted molar refractivity (Wildman–Crippen MR) is 74.4 cm³/mol. The van der Waals surface area contributed by atoms with Gasteiger partial charge in [0.15, 0.2) is 0 Å². The number of carboxylic acid groups (broad SMARTS) is 1. The molecule has 0 aliphatic heterocycles. The number of nitrogens with zero attached hydrogens (tertiary/aromatic N) is 1. The first kappa shape index (κ1) is 14.5. The third-order valence-corrected chi connectivity index (χ3v) is 2.79. The second kappa shape index (κ2) is 7.67. The Morgan fingerprint density at radius 1 is 1.28 bits per heavy atom. The largest absolute Gasteiger partial charge is 0.478 e. The highest BCUT2D eigenvalue weighted by Crippen LogP contribution is 2.09. The molecule has 98 valence electrons. The summed E-state index contributed by atoms with van der Waals surface area (Å²) in [5.74, 6) is -0.917. The fourth-order valence-electron chi connectivity index (χ4n) is 1.83. The number of benzene rings is 1. The summed E-state index contributed by atoms with van der Waals surface area (Å²) >= 11 is 0. The Morgan fingerprint density at radius 2 is 1.94 bits per heavy atom. The third-order valence-electron chi connectivity index (χ3n) is 2.79. The van der Waals surface area contributed by atoms with Crippen molar-refractivity contribution in [2.24, 2.45) is 0 Å². The van der Waals surface area contributed by atoms with Crippen LogP contribution in [-0.2, 0) is 11.3 Å². The summed E-state index contributed by atoms with van der Waals surface area (Å²) in [5, 5.41) is 8.55. The molecule has 1 N–H and O–H groups in total. The van der Waals surface area contributed by atoms with Crippen LogP contribution < -0.4 is 0 Å². The minimum Gasteiger partial charge on any atom is -0.478 e. The molecule has 1 rings (SSSR count). The van der Waals surface area contributed by atoms with E-state index in [0.717, 1.165) is 37.7 Å². The molecule has 0 saturated heterocycles. The van der Waals surface area contributed by atoms with Gasteiger partial charge in [0.05, 0.1) is 0 Å². The van der Waals surface area contributed by atoms with Crippen LogP contribution in [0.2, 0.25) is 0 Å². The van der Waals surface area contributed by atoms with Crippen molar-refractivity contribution in [3.8, 4) is 0 Å². The molecule has 3 nitrogen and oxygen atoms in total. The van der Waals surface area contributed by atoms with E-state index >= 15 is 0 Å². The molecule has 0 fully saturated rings. The van der Waals surface area contributed by atoms with Crippen molar-refractivity contribution < 1.29 is 9.90 Å². The molecule has 0 spiro atoms. The molecule has 0 saturated carbocycles. The molecule has 0 aliphatic carbocycles. The summed E-state index contributed by atoms with van der Waals surface area (Å²) in [6.07, 6.45) is 3.92. The van der Waals surface area contributed by atoms with Crippen LogP contribution >= 0.6 is 0 Å². The zero-order chi connectivity index (χ0) is 13.4. The summed E-state index contributed by atoms with van der Waals surface area (Å²) in [6.45, 7) is 7.46. The van der Waals surface area contributed by atoms with Crippen molar-refractivity contribution in [3.05, 3.63) is 41.5 Å². The van der Waals surface area contributed by atoms with Crippen molar-refractivity contribution in [2.45, 2.75) is 26.8 Å². The van der Waals surface area contributed by atoms with E-state index in [0.29, 0.717) is 0 Å². The summed E-state index contributed by atoms with van der Waals surface area (Å²) < 4.78 is 0. The number of carbonyl (C=O) groups is 1. The molecule has 0 amide bonds. The van der Waals surface area contributed by atoms with E-state index in [4.69, 9.17) is 5.11 Å². The van der Waals surface area contributed by atoms with Gasteiger partial charge in [-0.2, -0.15) is 0 Å². The minimum absolute atomic E-state index is 0.916. The van der Waals surface area contributed by atoms with Crippen molar-refractivity contribution in [1.82, 2.24) is 4.90 Å². The maximum Gasteiger partial charge on any atom is 0.328 e. The lowest BCUT2D eigenvalue weighted by atomic mass is 10.1. The lowest BCUT2D eigenvalue weighted by molar-refractivity contribution is -0.131. The molecular weight excluding hydrogens is 226 g/mol. The van der Waals surface area contributed by atoms with Gasteiger partial charge in [-0.05, 0) is 36.7 Å². The van der Waals surface area contributed by atoms with Crippen LogP contribution in [0.1, 0.15) is 31.4 Å². The maximum absolute atomic E-state index is 10.4. The van der Waals surface area contributed by atoms with Gasteiger partial charge in [-0.25, -0.2) is 4.79 Å². The minimum atomic E-state index is -0.917. The van der Waals surface area contributed by atoms with Crippen molar-refractivity contribution in [1.29, 1.82) is 0 Å². The van der Waals surface area contributed by atoms with Gasteiger partial charge in [0, 0.05) is 12.6 Å². The third kappa shape index (κ3) is 5.15. The lowest BCUT2D eigenvalue weighted by Crippen LogP contribution is -2.23. The number of aliphatic carboxylic acids is 1.